The van der Waals surface area contributed by atoms with Crippen molar-refractivity contribution in [2.45, 2.75) is 17.7 Å². The zero-order valence-electron chi connectivity index (χ0n) is 11.0. The van der Waals surface area contributed by atoms with Crippen LogP contribution < -0.4 is 0 Å². The Morgan fingerprint density at radius 2 is 1.75 bits per heavy atom. The maximum Gasteiger partial charge on any atom is 0.163 e. The largest absolute Gasteiger partial charge is 0.294 e. The first-order valence-electron chi connectivity index (χ1n) is 6.21. The van der Waals surface area contributed by atoms with Gasteiger partial charge >= 0.3 is 0 Å². The zero-order valence-corrected chi connectivity index (χ0v) is 11.8. The normalized spacial score (nSPS) is 10.6. The lowest BCUT2D eigenvalue weighted by Gasteiger charge is -2.03. The number of Topliss-reactive ketones (excluding diaryl/α,β-unsaturated/α-hetero) is 1. The number of carbonyl (C=O) groups is 1. The van der Waals surface area contributed by atoms with Crippen molar-refractivity contribution >= 4 is 17.5 Å². The molecule has 20 heavy (non-hydrogen) atoms. The number of thioether (sulfide) groups is 1. The molecule has 1 nitrogen and oxygen atoms in total. The Kier molecular flexibility index (Phi) is 4.90. The van der Waals surface area contributed by atoms with Crippen LogP contribution in [0, 0.1) is 11.6 Å². The molecule has 0 aliphatic heterocycles. The number of benzene rings is 2. The van der Waals surface area contributed by atoms with Crippen LogP contribution in [-0.2, 0) is 6.42 Å². The van der Waals surface area contributed by atoms with E-state index in [0.29, 0.717) is 6.42 Å². The molecule has 0 amide bonds. The maximum atomic E-state index is 13.1. The molecular weight excluding hydrogens is 278 g/mol. The molecule has 0 saturated carbocycles. The second-order valence-electron chi connectivity index (χ2n) is 4.40. The second-order valence-corrected chi connectivity index (χ2v) is 5.28. The van der Waals surface area contributed by atoms with Gasteiger partial charge in [-0.2, -0.15) is 0 Å². The van der Waals surface area contributed by atoms with E-state index in [1.54, 1.807) is 11.8 Å². The minimum absolute atomic E-state index is 0.183. The Bertz CT molecular complexity index is 608. The predicted molar refractivity (Wildman–Crippen MR) is 77.2 cm³/mol. The average molecular weight is 292 g/mol. The van der Waals surface area contributed by atoms with E-state index in [4.69, 9.17) is 0 Å². The van der Waals surface area contributed by atoms with Gasteiger partial charge in [-0.3, -0.25) is 4.79 Å². The van der Waals surface area contributed by atoms with Crippen LogP contribution in [0.15, 0.2) is 47.4 Å². The van der Waals surface area contributed by atoms with Crippen molar-refractivity contribution in [3.05, 3.63) is 65.2 Å². The fourth-order valence-electron chi connectivity index (χ4n) is 1.86. The number of ketones is 1. The van der Waals surface area contributed by atoms with E-state index in [1.165, 1.54) is 11.0 Å². The summed E-state index contributed by atoms with van der Waals surface area (Å²) in [5.74, 6) is -2.10. The van der Waals surface area contributed by atoms with Crippen LogP contribution >= 0.6 is 11.8 Å². The van der Waals surface area contributed by atoms with Crippen molar-refractivity contribution in [1.82, 2.24) is 0 Å². The van der Waals surface area contributed by atoms with Crippen molar-refractivity contribution in [3.63, 3.8) is 0 Å². The van der Waals surface area contributed by atoms with Gasteiger partial charge in [0.05, 0.1) is 0 Å². The van der Waals surface area contributed by atoms with E-state index in [9.17, 15) is 13.6 Å². The summed E-state index contributed by atoms with van der Waals surface area (Å²) in [6, 6.07) is 11.2. The Morgan fingerprint density at radius 1 is 1.05 bits per heavy atom. The van der Waals surface area contributed by atoms with E-state index in [1.807, 2.05) is 30.5 Å². The topological polar surface area (TPSA) is 17.1 Å². The molecule has 2 rings (SSSR count). The Morgan fingerprint density at radius 3 is 2.35 bits per heavy atom. The highest BCUT2D eigenvalue weighted by Gasteiger charge is 2.09. The Hall–Kier alpha value is -1.68. The second kappa shape index (κ2) is 6.66. The molecule has 2 aromatic rings. The lowest BCUT2D eigenvalue weighted by molar-refractivity contribution is 0.0982. The van der Waals surface area contributed by atoms with Crippen LogP contribution in [0.5, 0.6) is 0 Å². The van der Waals surface area contributed by atoms with Crippen LogP contribution in [0.1, 0.15) is 22.3 Å². The molecule has 0 aromatic heterocycles. The molecule has 4 heteroatoms. The third kappa shape index (κ3) is 3.67. The molecule has 0 radical (unpaired) electrons. The van der Waals surface area contributed by atoms with Crippen LogP contribution in [0.3, 0.4) is 0 Å². The van der Waals surface area contributed by atoms with E-state index in [0.717, 1.165) is 17.7 Å². The predicted octanol–water partition coefficient (Wildman–Crippen LogP) is 4.50. The fourth-order valence-corrected chi connectivity index (χ4v) is 2.27. The molecule has 0 saturated heterocycles. The lowest BCUT2D eigenvalue weighted by Crippen LogP contribution is -2.02. The summed E-state index contributed by atoms with van der Waals surface area (Å²) in [5.41, 5.74) is 1.27. The minimum atomic E-state index is -0.986. The molecule has 0 N–H and O–H groups in total. The number of rotatable bonds is 5. The maximum absolute atomic E-state index is 13.1. The quantitative estimate of drug-likeness (QED) is 0.596. The first-order chi connectivity index (χ1) is 9.60. The standard InChI is InChI=1S/C16H14F2OS/c1-20-13-6-2-11(3-7-13)4-9-16(19)12-5-8-14(17)15(18)10-12/h2-3,5-8,10H,4,9H2,1H3. The molecule has 0 bridgehead atoms. The van der Waals surface area contributed by atoms with Gasteiger partial charge in [-0.15, -0.1) is 11.8 Å². The highest BCUT2D eigenvalue weighted by atomic mass is 32.2. The van der Waals surface area contributed by atoms with Gasteiger partial charge < -0.3 is 0 Å². The number of halogens is 2. The van der Waals surface area contributed by atoms with Crippen LogP contribution in [0.25, 0.3) is 0 Å². The van der Waals surface area contributed by atoms with Crippen molar-refractivity contribution in [3.8, 4) is 0 Å². The third-order valence-electron chi connectivity index (χ3n) is 3.04. The fraction of sp³-hybridized carbons (Fsp3) is 0.188. The highest BCUT2D eigenvalue weighted by Crippen LogP contribution is 2.17. The smallest absolute Gasteiger partial charge is 0.163 e. The Labute approximate surface area is 121 Å². The molecule has 2 aromatic carbocycles. The van der Waals surface area contributed by atoms with E-state index >= 15 is 0 Å². The van der Waals surface area contributed by atoms with Gasteiger partial charge in [0.1, 0.15) is 0 Å². The van der Waals surface area contributed by atoms with Gasteiger partial charge in [-0.25, -0.2) is 8.78 Å². The van der Waals surface area contributed by atoms with Gasteiger partial charge in [0, 0.05) is 16.9 Å². The molecule has 0 atom stereocenters. The van der Waals surface area contributed by atoms with E-state index < -0.39 is 11.6 Å². The lowest BCUT2D eigenvalue weighted by atomic mass is 10.0. The van der Waals surface area contributed by atoms with E-state index in [-0.39, 0.29) is 17.8 Å². The number of hydrogen-bond donors (Lipinski definition) is 0. The van der Waals surface area contributed by atoms with Crippen LogP contribution in [0.4, 0.5) is 8.78 Å². The van der Waals surface area contributed by atoms with Crippen LogP contribution in [-0.4, -0.2) is 12.0 Å². The van der Waals surface area contributed by atoms with Crippen molar-refractivity contribution in [2.75, 3.05) is 6.26 Å². The van der Waals surface area contributed by atoms with Gasteiger partial charge in [-0.05, 0) is 48.6 Å². The summed E-state index contributed by atoms with van der Waals surface area (Å²) in [6.45, 7) is 0. The minimum Gasteiger partial charge on any atom is -0.294 e. The summed E-state index contributed by atoms with van der Waals surface area (Å²) in [4.78, 5) is 13.1. The van der Waals surface area contributed by atoms with Gasteiger partial charge in [-0.1, -0.05) is 12.1 Å². The van der Waals surface area contributed by atoms with Crippen molar-refractivity contribution in [2.24, 2.45) is 0 Å². The molecule has 0 aliphatic rings. The van der Waals surface area contributed by atoms with Gasteiger partial charge in [0.15, 0.2) is 17.4 Å². The Balaban J connectivity index is 1.98. The van der Waals surface area contributed by atoms with Crippen molar-refractivity contribution < 1.29 is 13.6 Å². The summed E-state index contributed by atoms with van der Waals surface area (Å²) in [6.07, 6.45) is 2.87. The summed E-state index contributed by atoms with van der Waals surface area (Å²) < 4.78 is 25.9. The third-order valence-corrected chi connectivity index (χ3v) is 3.78. The molecule has 0 spiro atoms. The highest BCUT2D eigenvalue weighted by molar-refractivity contribution is 7.98. The van der Waals surface area contributed by atoms with Gasteiger partial charge in [0.2, 0.25) is 0 Å². The zero-order chi connectivity index (χ0) is 14.5. The number of hydrogen-bond acceptors (Lipinski definition) is 2. The molecule has 104 valence electrons. The first kappa shape index (κ1) is 14.7. The van der Waals surface area contributed by atoms with Crippen molar-refractivity contribution in [1.29, 1.82) is 0 Å². The molecular formula is C16H14F2OS. The van der Waals surface area contributed by atoms with E-state index in [2.05, 4.69) is 0 Å². The molecule has 0 heterocycles. The van der Waals surface area contributed by atoms with Gasteiger partial charge in [0.25, 0.3) is 0 Å². The summed E-state index contributed by atoms with van der Waals surface area (Å²) in [5, 5.41) is 0. The number of aryl methyl sites for hydroxylation is 1. The monoisotopic (exact) mass is 292 g/mol. The molecule has 0 unspecified atom stereocenters. The summed E-state index contributed by atoms with van der Waals surface area (Å²) >= 11 is 1.66. The van der Waals surface area contributed by atoms with Crippen LogP contribution in [0.2, 0.25) is 0 Å². The molecule has 0 aliphatic carbocycles. The molecule has 0 fully saturated rings. The first-order valence-corrected chi connectivity index (χ1v) is 7.44. The average Bonchev–Trinajstić information content (AvgIpc) is 2.48. The number of carbonyl (C=O) groups excluding carboxylic acids is 1. The SMILES string of the molecule is CSc1ccc(CCC(=O)c2ccc(F)c(F)c2)cc1. The summed E-state index contributed by atoms with van der Waals surface area (Å²) in [7, 11) is 0.